The Morgan fingerprint density at radius 3 is 2.79 bits per heavy atom. The van der Waals surface area contributed by atoms with Crippen molar-refractivity contribution in [2.24, 2.45) is 0 Å². The zero-order chi connectivity index (χ0) is 13.5. The molecule has 0 aliphatic carbocycles. The van der Waals surface area contributed by atoms with Crippen LogP contribution in [0.5, 0.6) is 0 Å². The van der Waals surface area contributed by atoms with Crippen molar-refractivity contribution in [3.8, 4) is 0 Å². The number of benzene rings is 1. The van der Waals surface area contributed by atoms with Gasteiger partial charge in [0.1, 0.15) is 0 Å². The van der Waals surface area contributed by atoms with E-state index in [4.69, 9.17) is 0 Å². The molecular formula is C17H28N2. The number of hydrogen-bond donors (Lipinski definition) is 1. The predicted molar refractivity (Wildman–Crippen MR) is 82.2 cm³/mol. The maximum atomic E-state index is 3.55. The Morgan fingerprint density at radius 2 is 2.05 bits per heavy atom. The van der Waals surface area contributed by atoms with Crippen LogP contribution in [0, 0.1) is 0 Å². The molecule has 1 heterocycles. The quantitative estimate of drug-likeness (QED) is 0.843. The van der Waals surface area contributed by atoms with Gasteiger partial charge in [-0.3, -0.25) is 4.90 Å². The molecule has 2 nitrogen and oxygen atoms in total. The Labute approximate surface area is 118 Å². The smallest absolute Gasteiger partial charge is 0.0236 e. The molecule has 1 aliphatic rings. The minimum Gasteiger partial charge on any atom is -0.314 e. The molecule has 1 fully saturated rings. The summed E-state index contributed by atoms with van der Waals surface area (Å²) in [5, 5.41) is 3.55. The van der Waals surface area contributed by atoms with Gasteiger partial charge in [0.25, 0.3) is 0 Å². The molecule has 0 amide bonds. The molecule has 1 aliphatic heterocycles. The first-order valence-electron chi connectivity index (χ1n) is 7.81. The minimum atomic E-state index is 0.631. The van der Waals surface area contributed by atoms with E-state index in [1.165, 1.54) is 37.8 Å². The van der Waals surface area contributed by atoms with Gasteiger partial charge in [0.05, 0.1) is 0 Å². The highest BCUT2D eigenvalue weighted by atomic mass is 15.2. The normalized spacial score (nSPS) is 22.3. The van der Waals surface area contributed by atoms with Crippen LogP contribution in [0.1, 0.15) is 45.1 Å². The van der Waals surface area contributed by atoms with Crippen LogP contribution in [0.4, 0.5) is 0 Å². The molecule has 1 saturated heterocycles. The number of piperidine rings is 1. The highest BCUT2D eigenvalue weighted by molar-refractivity contribution is 5.14. The van der Waals surface area contributed by atoms with E-state index >= 15 is 0 Å². The van der Waals surface area contributed by atoms with Crippen LogP contribution in [0.15, 0.2) is 30.3 Å². The number of likely N-dealkylation sites (tertiary alicyclic amines) is 1. The van der Waals surface area contributed by atoms with Crippen molar-refractivity contribution in [1.82, 2.24) is 10.2 Å². The van der Waals surface area contributed by atoms with Crippen LogP contribution in [0.25, 0.3) is 0 Å². The van der Waals surface area contributed by atoms with Gasteiger partial charge in [0.2, 0.25) is 0 Å². The third-order valence-corrected chi connectivity index (χ3v) is 4.16. The molecule has 0 aromatic heterocycles. The fraction of sp³-hybridized carbons (Fsp3) is 0.647. The SMILES string of the molecule is CCNC(C)CC1CCCCN1Cc1ccccc1. The Kier molecular flexibility index (Phi) is 5.87. The Morgan fingerprint density at radius 1 is 1.26 bits per heavy atom. The van der Waals surface area contributed by atoms with E-state index in [9.17, 15) is 0 Å². The van der Waals surface area contributed by atoms with Crippen LogP contribution in [-0.4, -0.2) is 30.1 Å². The lowest BCUT2D eigenvalue weighted by Crippen LogP contribution is -2.43. The second kappa shape index (κ2) is 7.66. The fourth-order valence-corrected chi connectivity index (χ4v) is 3.19. The predicted octanol–water partition coefficient (Wildman–Crippen LogP) is 3.43. The summed E-state index contributed by atoms with van der Waals surface area (Å²) < 4.78 is 0. The maximum Gasteiger partial charge on any atom is 0.0236 e. The second-order valence-electron chi connectivity index (χ2n) is 5.80. The van der Waals surface area contributed by atoms with Gasteiger partial charge in [0, 0.05) is 18.6 Å². The Balaban J connectivity index is 1.92. The summed E-state index contributed by atoms with van der Waals surface area (Å²) in [5.74, 6) is 0. The van der Waals surface area contributed by atoms with Gasteiger partial charge in [-0.2, -0.15) is 0 Å². The van der Waals surface area contributed by atoms with Crippen LogP contribution < -0.4 is 5.32 Å². The fourth-order valence-electron chi connectivity index (χ4n) is 3.19. The van der Waals surface area contributed by atoms with E-state index in [-0.39, 0.29) is 0 Å². The van der Waals surface area contributed by atoms with Crippen molar-refractivity contribution in [3.63, 3.8) is 0 Å². The van der Waals surface area contributed by atoms with Crippen LogP contribution in [0.3, 0.4) is 0 Å². The third kappa shape index (κ3) is 4.63. The highest BCUT2D eigenvalue weighted by Gasteiger charge is 2.23. The number of hydrogen-bond acceptors (Lipinski definition) is 2. The van der Waals surface area contributed by atoms with Gasteiger partial charge in [-0.1, -0.05) is 43.7 Å². The van der Waals surface area contributed by atoms with Crippen molar-refractivity contribution < 1.29 is 0 Å². The van der Waals surface area contributed by atoms with Gasteiger partial charge >= 0.3 is 0 Å². The number of rotatable bonds is 6. The molecule has 2 unspecified atom stereocenters. The van der Waals surface area contributed by atoms with Crippen LogP contribution in [-0.2, 0) is 6.54 Å². The first kappa shape index (κ1) is 14.5. The maximum absolute atomic E-state index is 3.55. The lowest BCUT2D eigenvalue weighted by atomic mass is 9.95. The Hall–Kier alpha value is -0.860. The van der Waals surface area contributed by atoms with Crippen molar-refractivity contribution in [3.05, 3.63) is 35.9 Å². The topological polar surface area (TPSA) is 15.3 Å². The van der Waals surface area contributed by atoms with Crippen LogP contribution >= 0.6 is 0 Å². The van der Waals surface area contributed by atoms with Gasteiger partial charge in [0.15, 0.2) is 0 Å². The summed E-state index contributed by atoms with van der Waals surface area (Å²) in [6.07, 6.45) is 5.40. The summed E-state index contributed by atoms with van der Waals surface area (Å²) in [6.45, 7) is 7.97. The van der Waals surface area contributed by atoms with Crippen molar-refractivity contribution >= 4 is 0 Å². The summed E-state index contributed by atoms with van der Waals surface area (Å²) in [4.78, 5) is 2.69. The van der Waals surface area contributed by atoms with E-state index in [0.29, 0.717) is 6.04 Å². The van der Waals surface area contributed by atoms with E-state index < -0.39 is 0 Å². The molecular weight excluding hydrogens is 232 g/mol. The van der Waals surface area contributed by atoms with Crippen molar-refractivity contribution in [2.45, 2.75) is 58.2 Å². The molecule has 1 aromatic carbocycles. The van der Waals surface area contributed by atoms with Gasteiger partial charge < -0.3 is 5.32 Å². The number of nitrogens with one attached hydrogen (secondary N) is 1. The van der Waals surface area contributed by atoms with Crippen molar-refractivity contribution in [2.75, 3.05) is 13.1 Å². The lowest BCUT2D eigenvalue weighted by molar-refractivity contribution is 0.124. The standard InChI is InChI=1S/C17H28N2/c1-3-18-15(2)13-17-11-7-8-12-19(17)14-16-9-5-4-6-10-16/h4-6,9-10,15,17-18H,3,7-8,11-14H2,1-2H3. The van der Waals surface area contributed by atoms with Gasteiger partial charge in [-0.05, 0) is 44.8 Å². The molecule has 19 heavy (non-hydrogen) atoms. The molecule has 1 aromatic rings. The second-order valence-corrected chi connectivity index (χ2v) is 5.80. The molecule has 0 bridgehead atoms. The Bertz CT molecular complexity index is 350. The van der Waals surface area contributed by atoms with Gasteiger partial charge in [-0.25, -0.2) is 0 Å². The van der Waals surface area contributed by atoms with E-state index in [2.05, 4.69) is 54.4 Å². The van der Waals surface area contributed by atoms with E-state index in [1.54, 1.807) is 0 Å². The lowest BCUT2D eigenvalue weighted by Gasteiger charge is -2.37. The first-order valence-corrected chi connectivity index (χ1v) is 7.81. The highest BCUT2D eigenvalue weighted by Crippen LogP contribution is 2.23. The molecule has 0 radical (unpaired) electrons. The minimum absolute atomic E-state index is 0.631. The average molecular weight is 260 g/mol. The molecule has 106 valence electrons. The molecule has 2 rings (SSSR count). The first-order chi connectivity index (χ1) is 9.29. The number of nitrogens with zero attached hydrogens (tertiary/aromatic N) is 1. The molecule has 0 saturated carbocycles. The average Bonchev–Trinajstić information content (AvgIpc) is 2.42. The molecule has 2 atom stereocenters. The summed E-state index contributed by atoms with van der Waals surface area (Å²) in [6, 6.07) is 12.3. The summed E-state index contributed by atoms with van der Waals surface area (Å²) >= 11 is 0. The zero-order valence-corrected chi connectivity index (χ0v) is 12.4. The third-order valence-electron chi connectivity index (χ3n) is 4.16. The monoisotopic (exact) mass is 260 g/mol. The summed E-state index contributed by atoms with van der Waals surface area (Å²) in [5.41, 5.74) is 1.45. The molecule has 0 spiro atoms. The van der Waals surface area contributed by atoms with Crippen molar-refractivity contribution in [1.29, 1.82) is 0 Å². The van der Waals surface area contributed by atoms with E-state index in [0.717, 1.165) is 19.1 Å². The molecule has 2 heteroatoms. The largest absolute Gasteiger partial charge is 0.314 e. The van der Waals surface area contributed by atoms with E-state index in [1.807, 2.05) is 0 Å². The summed E-state index contributed by atoms with van der Waals surface area (Å²) in [7, 11) is 0. The zero-order valence-electron chi connectivity index (χ0n) is 12.4. The van der Waals surface area contributed by atoms with Gasteiger partial charge in [-0.15, -0.1) is 0 Å². The molecule has 1 N–H and O–H groups in total. The van der Waals surface area contributed by atoms with Crippen LogP contribution in [0.2, 0.25) is 0 Å².